The molecule has 0 radical (unpaired) electrons. The zero-order chi connectivity index (χ0) is 48.6. The lowest BCUT2D eigenvalue weighted by Gasteiger charge is -2.18. The normalized spacial score (nSPS) is 13.1. The van der Waals surface area contributed by atoms with E-state index in [4.69, 9.17) is 14.2 Å². The van der Waals surface area contributed by atoms with Crippen LogP contribution in [0.3, 0.4) is 0 Å². The van der Waals surface area contributed by atoms with E-state index < -0.39 is 6.10 Å². The Morgan fingerprint density at radius 2 is 0.657 bits per heavy atom. The lowest BCUT2D eigenvalue weighted by Crippen LogP contribution is -2.30. The molecule has 0 aromatic carbocycles. The molecule has 1 unspecified atom stereocenters. The van der Waals surface area contributed by atoms with E-state index in [-0.39, 0.29) is 44.0 Å². The number of hydrogen-bond donors (Lipinski definition) is 0. The molecule has 0 aliphatic heterocycles. The van der Waals surface area contributed by atoms with Crippen LogP contribution in [0.5, 0.6) is 0 Å². The number of unbranched alkanes of at least 4 members (excludes halogenated alkanes) is 17. The molecule has 0 rings (SSSR count). The molecule has 1 atom stereocenters. The van der Waals surface area contributed by atoms with E-state index in [1.165, 1.54) is 51.4 Å². The molecule has 378 valence electrons. The van der Waals surface area contributed by atoms with E-state index in [2.05, 4.69) is 130 Å². The molecule has 6 nitrogen and oxygen atoms in total. The van der Waals surface area contributed by atoms with Crippen molar-refractivity contribution in [2.75, 3.05) is 13.2 Å². The van der Waals surface area contributed by atoms with Crippen LogP contribution in [0.1, 0.15) is 226 Å². The summed E-state index contributed by atoms with van der Waals surface area (Å²) in [5.41, 5.74) is 0. The summed E-state index contributed by atoms with van der Waals surface area (Å²) in [6, 6.07) is 0. The highest BCUT2D eigenvalue weighted by molar-refractivity contribution is 5.71. The van der Waals surface area contributed by atoms with Crippen molar-refractivity contribution in [3.05, 3.63) is 122 Å². The standard InChI is InChI=1S/C61H98O6/c1-4-7-10-13-16-19-22-25-27-29-31-33-34-36-39-42-45-48-51-54-60(63)66-57-58(56-65-59(62)53-50-47-44-41-38-24-21-18-15-12-9-6-3)67-61(64)55-52-49-46-43-40-37-35-32-30-28-26-23-20-17-14-11-8-5-2/h7,9-10,12,16,18-19,21,25,27-28,30-33,35-36,39,45,48,58H,4-6,8,11,13-15,17,20,22-24,26,29,34,37-38,40-44,46-47,49-57H2,1-3H3/b10-7-,12-9-,19-16-,21-18-,27-25-,30-28-,33-31-,35-32-,39-36-,48-45-. The van der Waals surface area contributed by atoms with Crippen molar-refractivity contribution in [2.24, 2.45) is 0 Å². The molecule has 0 saturated carbocycles. The minimum atomic E-state index is -0.826. The van der Waals surface area contributed by atoms with E-state index in [1.807, 2.05) is 12.2 Å². The fourth-order valence-electron chi connectivity index (χ4n) is 6.97. The molecule has 0 amide bonds. The Morgan fingerprint density at radius 1 is 0.328 bits per heavy atom. The molecule has 0 aliphatic rings. The summed E-state index contributed by atoms with van der Waals surface area (Å²) in [6.45, 7) is 6.31. The van der Waals surface area contributed by atoms with E-state index in [0.29, 0.717) is 12.8 Å². The van der Waals surface area contributed by atoms with E-state index in [0.717, 1.165) is 128 Å². The Hall–Kier alpha value is -4.19. The molecule has 0 aromatic heterocycles. The fraction of sp³-hybridized carbons (Fsp3) is 0.623. The minimum absolute atomic E-state index is 0.118. The highest BCUT2D eigenvalue weighted by Crippen LogP contribution is 2.13. The summed E-state index contributed by atoms with van der Waals surface area (Å²) < 4.78 is 16.7. The first-order chi connectivity index (χ1) is 33.0. The highest BCUT2D eigenvalue weighted by atomic mass is 16.6. The molecule has 0 spiro atoms. The smallest absolute Gasteiger partial charge is 0.306 e. The number of carbonyl (C=O) groups is 3. The third-order valence-corrected chi connectivity index (χ3v) is 11.0. The first kappa shape index (κ1) is 62.8. The zero-order valence-corrected chi connectivity index (χ0v) is 43.1. The van der Waals surface area contributed by atoms with Gasteiger partial charge in [0.2, 0.25) is 0 Å². The Kier molecular flexibility index (Phi) is 51.0. The third kappa shape index (κ3) is 52.6. The fourth-order valence-corrected chi connectivity index (χ4v) is 6.97. The van der Waals surface area contributed by atoms with Crippen LogP contribution in [0.25, 0.3) is 0 Å². The average Bonchev–Trinajstić information content (AvgIpc) is 3.33. The van der Waals surface area contributed by atoms with Crippen molar-refractivity contribution < 1.29 is 28.6 Å². The molecule has 0 heterocycles. The van der Waals surface area contributed by atoms with Gasteiger partial charge in [-0.25, -0.2) is 0 Å². The lowest BCUT2D eigenvalue weighted by atomic mass is 10.1. The van der Waals surface area contributed by atoms with Crippen molar-refractivity contribution in [1.29, 1.82) is 0 Å². The van der Waals surface area contributed by atoms with Gasteiger partial charge in [-0.1, -0.05) is 219 Å². The Labute approximate surface area is 412 Å². The van der Waals surface area contributed by atoms with Crippen LogP contribution in [-0.2, 0) is 28.6 Å². The molecule has 0 bridgehead atoms. The summed E-state index contributed by atoms with van der Waals surface area (Å²) in [6.07, 6.45) is 74.8. The van der Waals surface area contributed by atoms with Gasteiger partial charge in [-0.05, 0) is 109 Å². The maximum Gasteiger partial charge on any atom is 0.306 e. The molecule has 0 fully saturated rings. The summed E-state index contributed by atoms with van der Waals surface area (Å²) in [4.78, 5) is 38.0. The summed E-state index contributed by atoms with van der Waals surface area (Å²) in [5.74, 6) is -1.04. The molecular formula is C61H98O6. The Morgan fingerprint density at radius 3 is 1.09 bits per heavy atom. The number of allylic oxidation sites excluding steroid dienone is 20. The first-order valence-electron chi connectivity index (χ1n) is 27.1. The summed E-state index contributed by atoms with van der Waals surface area (Å²) in [7, 11) is 0. The van der Waals surface area contributed by atoms with Gasteiger partial charge in [-0.3, -0.25) is 14.4 Å². The van der Waals surface area contributed by atoms with Gasteiger partial charge in [0.05, 0.1) is 0 Å². The van der Waals surface area contributed by atoms with Crippen molar-refractivity contribution in [2.45, 2.75) is 232 Å². The van der Waals surface area contributed by atoms with Crippen LogP contribution in [0.2, 0.25) is 0 Å². The second-order valence-electron chi connectivity index (χ2n) is 17.4. The van der Waals surface area contributed by atoms with Gasteiger partial charge in [0.25, 0.3) is 0 Å². The van der Waals surface area contributed by atoms with Crippen LogP contribution >= 0.6 is 0 Å². The predicted molar refractivity (Wildman–Crippen MR) is 288 cm³/mol. The van der Waals surface area contributed by atoms with Crippen molar-refractivity contribution >= 4 is 17.9 Å². The second-order valence-corrected chi connectivity index (χ2v) is 17.4. The van der Waals surface area contributed by atoms with Gasteiger partial charge in [-0.2, -0.15) is 0 Å². The monoisotopic (exact) mass is 927 g/mol. The molecule has 0 aromatic rings. The van der Waals surface area contributed by atoms with Crippen molar-refractivity contribution in [1.82, 2.24) is 0 Å². The number of hydrogen-bond acceptors (Lipinski definition) is 6. The molecule has 67 heavy (non-hydrogen) atoms. The number of esters is 3. The summed E-state index contributed by atoms with van der Waals surface area (Å²) >= 11 is 0. The molecule has 0 aliphatic carbocycles. The molecule has 0 N–H and O–H groups in total. The Bertz CT molecular complexity index is 1440. The van der Waals surface area contributed by atoms with Gasteiger partial charge in [0, 0.05) is 19.3 Å². The van der Waals surface area contributed by atoms with Crippen LogP contribution in [0, 0.1) is 0 Å². The van der Waals surface area contributed by atoms with Crippen molar-refractivity contribution in [3.8, 4) is 0 Å². The quantitative estimate of drug-likeness (QED) is 0.0199. The van der Waals surface area contributed by atoms with Crippen molar-refractivity contribution in [3.63, 3.8) is 0 Å². The molecular weight excluding hydrogens is 829 g/mol. The predicted octanol–water partition coefficient (Wildman–Crippen LogP) is 18.1. The van der Waals surface area contributed by atoms with Gasteiger partial charge in [-0.15, -0.1) is 0 Å². The second kappa shape index (κ2) is 54.4. The van der Waals surface area contributed by atoms with E-state index in [1.54, 1.807) is 0 Å². The maximum absolute atomic E-state index is 12.8. The minimum Gasteiger partial charge on any atom is -0.462 e. The zero-order valence-electron chi connectivity index (χ0n) is 43.1. The molecule has 6 heteroatoms. The topological polar surface area (TPSA) is 78.9 Å². The highest BCUT2D eigenvalue weighted by Gasteiger charge is 2.19. The van der Waals surface area contributed by atoms with Gasteiger partial charge in [0.15, 0.2) is 6.10 Å². The largest absolute Gasteiger partial charge is 0.462 e. The average molecular weight is 927 g/mol. The third-order valence-electron chi connectivity index (χ3n) is 11.0. The maximum atomic E-state index is 12.8. The summed E-state index contributed by atoms with van der Waals surface area (Å²) in [5, 5.41) is 0. The molecule has 0 saturated heterocycles. The van der Waals surface area contributed by atoms with Crippen LogP contribution < -0.4 is 0 Å². The van der Waals surface area contributed by atoms with Gasteiger partial charge >= 0.3 is 17.9 Å². The number of rotatable bonds is 47. The number of carbonyl (C=O) groups excluding carboxylic acids is 3. The van der Waals surface area contributed by atoms with Crippen LogP contribution in [-0.4, -0.2) is 37.2 Å². The lowest BCUT2D eigenvalue weighted by molar-refractivity contribution is -0.166. The van der Waals surface area contributed by atoms with Gasteiger partial charge in [0.1, 0.15) is 13.2 Å². The first-order valence-corrected chi connectivity index (χ1v) is 27.1. The van der Waals surface area contributed by atoms with E-state index in [9.17, 15) is 14.4 Å². The Balaban J connectivity index is 4.54. The van der Waals surface area contributed by atoms with Gasteiger partial charge < -0.3 is 14.2 Å². The van der Waals surface area contributed by atoms with E-state index >= 15 is 0 Å². The van der Waals surface area contributed by atoms with Crippen LogP contribution in [0.15, 0.2) is 122 Å². The van der Waals surface area contributed by atoms with Crippen LogP contribution in [0.4, 0.5) is 0 Å². The SMILES string of the molecule is CC/C=C\C/C=C\C/C=C\C/C=C\C/C=C\C/C=C\CCC(=O)OCC(COC(=O)CCCCCCC/C=C\C/C=C\CC)OC(=O)CCCCCCC/C=C\C=C/CCCCCCCCC. The number of ether oxygens (including phenoxy) is 3.